The molecule has 0 N–H and O–H groups in total. The van der Waals surface area contributed by atoms with Crippen LogP contribution in [0.15, 0.2) is 30.5 Å². The van der Waals surface area contributed by atoms with Crippen molar-refractivity contribution in [1.29, 1.82) is 0 Å². The molecule has 1 fully saturated rings. The second-order valence-electron chi connectivity index (χ2n) is 8.58. The molecule has 3 heterocycles. The first kappa shape index (κ1) is 20.5. The molecule has 1 saturated heterocycles. The van der Waals surface area contributed by atoms with Gasteiger partial charge in [-0.1, -0.05) is 24.3 Å². The molecule has 1 aromatic carbocycles. The third kappa shape index (κ3) is 3.81. The van der Waals surface area contributed by atoms with Crippen molar-refractivity contribution in [2.75, 3.05) is 46.9 Å². The van der Waals surface area contributed by atoms with E-state index in [2.05, 4.69) is 44.7 Å². The lowest BCUT2D eigenvalue weighted by Gasteiger charge is -2.39. The van der Waals surface area contributed by atoms with Gasteiger partial charge in [0.15, 0.2) is 5.82 Å². The first-order valence-electron chi connectivity index (χ1n) is 10.4. The van der Waals surface area contributed by atoms with Gasteiger partial charge >= 0.3 is 5.97 Å². The van der Waals surface area contributed by atoms with E-state index in [-0.39, 0.29) is 5.97 Å². The first-order chi connectivity index (χ1) is 14.4. The molecule has 0 spiro atoms. The summed E-state index contributed by atoms with van der Waals surface area (Å²) in [4.78, 5) is 21.5. The zero-order valence-electron chi connectivity index (χ0n) is 18.2. The Labute approximate surface area is 177 Å². The van der Waals surface area contributed by atoms with Gasteiger partial charge in [0.1, 0.15) is 0 Å². The molecule has 0 amide bonds. The molecule has 0 bridgehead atoms. The van der Waals surface area contributed by atoms with Gasteiger partial charge in [-0.05, 0) is 31.1 Å². The third-order valence-electron chi connectivity index (χ3n) is 6.00. The second kappa shape index (κ2) is 8.14. The number of aromatic nitrogens is 2. The van der Waals surface area contributed by atoms with Crippen LogP contribution in [0.2, 0.25) is 0 Å². The lowest BCUT2D eigenvalue weighted by Crippen LogP contribution is -2.50. The number of carbonyl (C=O) groups is 1. The van der Waals surface area contributed by atoms with Gasteiger partial charge in [-0.15, -0.1) is 0 Å². The monoisotopic (exact) mass is 410 g/mol. The Morgan fingerprint density at radius 2 is 1.87 bits per heavy atom. The molecule has 0 radical (unpaired) electrons. The van der Waals surface area contributed by atoms with Crippen molar-refractivity contribution in [3.05, 3.63) is 47.4 Å². The van der Waals surface area contributed by atoms with E-state index in [0.29, 0.717) is 6.54 Å². The van der Waals surface area contributed by atoms with E-state index in [0.717, 1.165) is 50.1 Å². The van der Waals surface area contributed by atoms with Gasteiger partial charge in [0.25, 0.3) is 0 Å². The molecule has 2 aliphatic heterocycles. The molecule has 0 saturated carbocycles. The Morgan fingerprint density at radius 1 is 1.13 bits per heavy atom. The smallest absolute Gasteiger partial charge is 0.312 e. The van der Waals surface area contributed by atoms with E-state index in [1.165, 1.54) is 18.2 Å². The number of ether oxygens (including phenoxy) is 2. The van der Waals surface area contributed by atoms with E-state index in [9.17, 15) is 4.79 Å². The van der Waals surface area contributed by atoms with E-state index in [1.807, 2.05) is 13.8 Å². The van der Waals surface area contributed by atoms with Crippen LogP contribution in [0.25, 0.3) is 11.8 Å². The summed E-state index contributed by atoms with van der Waals surface area (Å²) in [5.41, 5.74) is 3.08. The lowest BCUT2D eigenvalue weighted by molar-refractivity contribution is -0.152. The topological polar surface area (TPSA) is 59.8 Å². The molecule has 0 atom stereocenters. The highest BCUT2D eigenvalue weighted by Crippen LogP contribution is 2.32. The summed E-state index contributed by atoms with van der Waals surface area (Å²) in [6.45, 7) is 8.84. The van der Waals surface area contributed by atoms with Crippen LogP contribution < -0.4 is 4.74 Å². The van der Waals surface area contributed by atoms with Crippen LogP contribution in [0.5, 0.6) is 5.88 Å². The molecule has 1 aromatic heterocycles. The summed E-state index contributed by atoms with van der Waals surface area (Å²) in [7, 11) is 3.14. The zero-order valence-corrected chi connectivity index (χ0v) is 18.2. The van der Waals surface area contributed by atoms with Crippen LogP contribution in [0.4, 0.5) is 0 Å². The van der Waals surface area contributed by atoms with Gasteiger partial charge in [-0.3, -0.25) is 14.3 Å². The molecule has 0 aliphatic carbocycles. The van der Waals surface area contributed by atoms with E-state index in [4.69, 9.17) is 14.5 Å². The largest absolute Gasteiger partial charge is 0.481 e. The Kier molecular flexibility index (Phi) is 5.56. The fourth-order valence-electron chi connectivity index (χ4n) is 4.36. The van der Waals surface area contributed by atoms with Crippen LogP contribution in [-0.2, 0) is 16.1 Å². The van der Waals surface area contributed by atoms with Crippen molar-refractivity contribution in [3.8, 4) is 5.88 Å². The Bertz CT molecular complexity index is 955. The minimum Gasteiger partial charge on any atom is -0.481 e. The highest BCUT2D eigenvalue weighted by Gasteiger charge is 2.33. The normalized spacial score (nSPS) is 16.9. The van der Waals surface area contributed by atoms with Crippen molar-refractivity contribution in [3.63, 3.8) is 0 Å². The van der Waals surface area contributed by atoms with Crippen LogP contribution in [0.3, 0.4) is 0 Å². The molecule has 160 valence electrons. The number of hydrogen-bond acceptors (Lipinski definition) is 6. The molecule has 7 heteroatoms. The van der Waals surface area contributed by atoms with Crippen LogP contribution in [-0.4, -0.2) is 72.3 Å². The SMILES string of the molecule is COC(=O)C(C)(C)CN1CCN(C2=Cc3ccccc3Cn3c(OC)cnc32)CC1. The number of carbonyl (C=O) groups excluding carboxylic acids is 1. The summed E-state index contributed by atoms with van der Waals surface area (Å²) in [5, 5.41) is 0. The number of fused-ring (bicyclic) bond motifs is 2. The summed E-state index contributed by atoms with van der Waals surface area (Å²) >= 11 is 0. The van der Waals surface area contributed by atoms with Gasteiger partial charge in [0.2, 0.25) is 5.88 Å². The standard InChI is InChI=1S/C23H30N4O3/c1-23(2,22(28)30-4)16-25-9-11-26(12-10-25)19-13-17-7-5-6-8-18(17)15-27-20(29-3)14-24-21(19)27/h5-8,13-14H,9-12,15-16H2,1-4H3. The highest BCUT2D eigenvalue weighted by molar-refractivity contribution is 5.80. The van der Waals surface area contributed by atoms with Crippen molar-refractivity contribution in [2.24, 2.45) is 5.41 Å². The molecular weight excluding hydrogens is 380 g/mol. The van der Waals surface area contributed by atoms with Gasteiger partial charge in [-0.25, -0.2) is 4.98 Å². The third-order valence-corrected chi connectivity index (χ3v) is 6.00. The number of esters is 1. The van der Waals surface area contributed by atoms with Crippen LogP contribution >= 0.6 is 0 Å². The molecule has 4 rings (SSSR count). The summed E-state index contributed by atoms with van der Waals surface area (Å²) in [5.74, 6) is 1.54. The lowest BCUT2D eigenvalue weighted by atomic mass is 9.92. The predicted molar refractivity (Wildman–Crippen MR) is 116 cm³/mol. The molecule has 7 nitrogen and oxygen atoms in total. The Morgan fingerprint density at radius 3 is 2.57 bits per heavy atom. The van der Waals surface area contributed by atoms with Crippen molar-refractivity contribution < 1.29 is 14.3 Å². The number of imidazole rings is 1. The predicted octanol–water partition coefficient (Wildman–Crippen LogP) is 2.57. The average molecular weight is 411 g/mol. The fourth-order valence-corrected chi connectivity index (χ4v) is 4.36. The van der Waals surface area contributed by atoms with Crippen molar-refractivity contribution in [2.45, 2.75) is 20.4 Å². The van der Waals surface area contributed by atoms with E-state index >= 15 is 0 Å². The van der Waals surface area contributed by atoms with Crippen LogP contribution in [0.1, 0.15) is 30.8 Å². The maximum atomic E-state index is 12.1. The molecular formula is C23H30N4O3. The molecule has 0 unspecified atom stereocenters. The number of rotatable bonds is 5. The average Bonchev–Trinajstić information content (AvgIpc) is 3.07. The fraction of sp³-hybridized carbons (Fsp3) is 0.478. The Hall–Kier alpha value is -2.80. The number of benzene rings is 1. The molecule has 2 aliphatic rings. The van der Waals surface area contributed by atoms with Crippen LogP contribution in [0, 0.1) is 5.41 Å². The first-order valence-corrected chi connectivity index (χ1v) is 10.4. The molecule has 2 aromatic rings. The van der Waals surface area contributed by atoms with E-state index < -0.39 is 5.41 Å². The highest BCUT2D eigenvalue weighted by atomic mass is 16.5. The summed E-state index contributed by atoms with van der Waals surface area (Å²) in [6, 6.07) is 8.46. The van der Waals surface area contributed by atoms with Crippen molar-refractivity contribution >= 4 is 17.7 Å². The maximum Gasteiger partial charge on any atom is 0.312 e. The number of piperazine rings is 1. The van der Waals surface area contributed by atoms with Crippen molar-refractivity contribution in [1.82, 2.24) is 19.4 Å². The minimum absolute atomic E-state index is 0.165. The number of hydrogen-bond donors (Lipinski definition) is 0. The molecule has 30 heavy (non-hydrogen) atoms. The van der Waals surface area contributed by atoms with Gasteiger partial charge in [0, 0.05) is 32.7 Å². The summed E-state index contributed by atoms with van der Waals surface area (Å²) < 4.78 is 12.7. The van der Waals surface area contributed by atoms with Gasteiger partial charge in [0.05, 0.1) is 38.1 Å². The number of methoxy groups -OCH3 is 2. The summed E-state index contributed by atoms with van der Waals surface area (Å²) in [6.07, 6.45) is 4.04. The number of nitrogens with zero attached hydrogens (tertiary/aromatic N) is 4. The zero-order chi connectivity index (χ0) is 21.3. The Balaban J connectivity index is 1.56. The minimum atomic E-state index is -0.513. The maximum absolute atomic E-state index is 12.1. The van der Waals surface area contributed by atoms with Gasteiger partial charge in [-0.2, -0.15) is 0 Å². The second-order valence-corrected chi connectivity index (χ2v) is 8.58. The van der Waals surface area contributed by atoms with Gasteiger partial charge < -0.3 is 14.4 Å². The van der Waals surface area contributed by atoms with E-state index in [1.54, 1.807) is 13.3 Å². The quantitative estimate of drug-likeness (QED) is 0.706.